The highest BCUT2D eigenvalue weighted by atomic mass is 16.5. The maximum absolute atomic E-state index is 11.3. The van der Waals surface area contributed by atoms with Crippen molar-refractivity contribution in [2.24, 2.45) is 0 Å². The summed E-state index contributed by atoms with van der Waals surface area (Å²) in [6.07, 6.45) is 0. The third-order valence-corrected chi connectivity index (χ3v) is 3.60. The van der Waals surface area contributed by atoms with Crippen LogP contribution in [0.1, 0.15) is 18.4 Å². The first-order valence-electron chi connectivity index (χ1n) is 8.03. The monoisotopic (exact) mass is 353 g/mol. The van der Waals surface area contributed by atoms with Crippen LogP contribution >= 0.6 is 0 Å². The van der Waals surface area contributed by atoms with E-state index in [0.29, 0.717) is 23.2 Å². The molecule has 0 fully saturated rings. The minimum absolute atomic E-state index is 0.0964. The molecule has 1 N–H and O–H groups in total. The Morgan fingerprint density at radius 2 is 1.92 bits per heavy atom. The Kier molecular flexibility index (Phi) is 5.17. The van der Waals surface area contributed by atoms with E-state index < -0.39 is 0 Å². The summed E-state index contributed by atoms with van der Waals surface area (Å²) in [5, 5.41) is 10.8. The van der Waals surface area contributed by atoms with Gasteiger partial charge < -0.3 is 19.2 Å². The zero-order valence-electron chi connectivity index (χ0n) is 14.8. The van der Waals surface area contributed by atoms with Crippen molar-refractivity contribution in [2.75, 3.05) is 12.4 Å². The molecule has 2 aromatic carbocycles. The standard InChI is InChI=1S/C19H19N3O4/c1-12-4-9-16(20-13(2)23)17(10-12)25-11-18-21-22-19(26-18)14-5-7-15(24-3)8-6-14/h4-10H,11H2,1-3H3,(H,20,23). The molecule has 0 aliphatic rings. The predicted molar refractivity (Wildman–Crippen MR) is 96.1 cm³/mol. The fraction of sp³-hybridized carbons (Fsp3) is 0.211. The number of hydrogen-bond acceptors (Lipinski definition) is 6. The summed E-state index contributed by atoms with van der Waals surface area (Å²) >= 11 is 0. The third-order valence-electron chi connectivity index (χ3n) is 3.60. The van der Waals surface area contributed by atoms with Gasteiger partial charge in [0.2, 0.25) is 11.8 Å². The second-order valence-corrected chi connectivity index (χ2v) is 5.70. The minimum atomic E-state index is -0.168. The lowest BCUT2D eigenvalue weighted by atomic mass is 10.2. The number of aryl methyl sites for hydroxylation is 1. The molecule has 0 unspecified atom stereocenters. The summed E-state index contributed by atoms with van der Waals surface area (Å²) in [7, 11) is 1.61. The second-order valence-electron chi connectivity index (χ2n) is 5.70. The fourth-order valence-electron chi connectivity index (χ4n) is 2.34. The number of amides is 1. The number of carbonyl (C=O) groups is 1. The first-order valence-corrected chi connectivity index (χ1v) is 8.03. The average Bonchev–Trinajstić information content (AvgIpc) is 3.10. The van der Waals surface area contributed by atoms with Gasteiger partial charge in [-0.3, -0.25) is 4.79 Å². The SMILES string of the molecule is COc1ccc(-c2nnc(COc3cc(C)ccc3NC(C)=O)o2)cc1. The Morgan fingerprint density at radius 3 is 2.62 bits per heavy atom. The van der Waals surface area contributed by atoms with Crippen LogP contribution in [0.4, 0.5) is 5.69 Å². The Labute approximate surface area is 151 Å². The number of hydrogen-bond donors (Lipinski definition) is 1. The zero-order valence-corrected chi connectivity index (χ0v) is 14.8. The Bertz CT molecular complexity index is 903. The van der Waals surface area contributed by atoms with Crippen LogP contribution in [-0.4, -0.2) is 23.2 Å². The minimum Gasteiger partial charge on any atom is -0.497 e. The van der Waals surface area contributed by atoms with E-state index in [1.165, 1.54) is 6.92 Å². The van der Waals surface area contributed by atoms with Gasteiger partial charge >= 0.3 is 0 Å². The van der Waals surface area contributed by atoms with Crippen molar-refractivity contribution in [2.45, 2.75) is 20.5 Å². The number of carbonyl (C=O) groups excluding carboxylic acids is 1. The van der Waals surface area contributed by atoms with E-state index in [9.17, 15) is 4.79 Å². The molecule has 0 radical (unpaired) electrons. The second kappa shape index (κ2) is 7.69. The lowest BCUT2D eigenvalue weighted by Crippen LogP contribution is -2.08. The molecular formula is C19H19N3O4. The van der Waals surface area contributed by atoms with Crippen LogP contribution in [0.15, 0.2) is 46.9 Å². The molecule has 3 rings (SSSR count). The molecule has 1 aromatic heterocycles. The molecule has 7 heteroatoms. The maximum Gasteiger partial charge on any atom is 0.254 e. The quantitative estimate of drug-likeness (QED) is 0.729. The van der Waals surface area contributed by atoms with Crippen molar-refractivity contribution < 1.29 is 18.7 Å². The van der Waals surface area contributed by atoms with Crippen molar-refractivity contribution in [1.29, 1.82) is 0 Å². The van der Waals surface area contributed by atoms with Crippen molar-refractivity contribution in [3.8, 4) is 23.0 Å². The Morgan fingerprint density at radius 1 is 1.15 bits per heavy atom. The van der Waals surface area contributed by atoms with Crippen LogP contribution in [-0.2, 0) is 11.4 Å². The molecule has 134 valence electrons. The summed E-state index contributed by atoms with van der Waals surface area (Å²) < 4.78 is 16.5. The highest BCUT2D eigenvalue weighted by Gasteiger charge is 2.11. The number of nitrogens with zero attached hydrogens (tertiary/aromatic N) is 2. The van der Waals surface area contributed by atoms with Gasteiger partial charge in [0.15, 0.2) is 6.61 Å². The molecule has 0 saturated carbocycles. The van der Waals surface area contributed by atoms with E-state index in [1.54, 1.807) is 13.2 Å². The molecule has 1 amide bonds. The van der Waals surface area contributed by atoms with E-state index in [1.807, 2.05) is 43.3 Å². The van der Waals surface area contributed by atoms with Crippen LogP contribution in [0.2, 0.25) is 0 Å². The van der Waals surface area contributed by atoms with Crippen LogP contribution in [0.25, 0.3) is 11.5 Å². The van der Waals surface area contributed by atoms with E-state index in [4.69, 9.17) is 13.9 Å². The molecule has 0 spiro atoms. The number of methoxy groups -OCH3 is 1. The van der Waals surface area contributed by atoms with Gasteiger partial charge in [-0.05, 0) is 48.9 Å². The van der Waals surface area contributed by atoms with Gasteiger partial charge in [-0.2, -0.15) is 0 Å². The van der Waals surface area contributed by atoms with Crippen molar-refractivity contribution in [3.63, 3.8) is 0 Å². The first kappa shape index (κ1) is 17.5. The molecule has 26 heavy (non-hydrogen) atoms. The zero-order chi connectivity index (χ0) is 18.5. The van der Waals surface area contributed by atoms with Gasteiger partial charge in [-0.1, -0.05) is 6.07 Å². The lowest BCUT2D eigenvalue weighted by molar-refractivity contribution is -0.114. The number of ether oxygens (including phenoxy) is 2. The van der Waals surface area contributed by atoms with Gasteiger partial charge in [0.25, 0.3) is 5.89 Å². The molecule has 3 aromatic rings. The van der Waals surface area contributed by atoms with Gasteiger partial charge in [0.05, 0.1) is 12.8 Å². The van der Waals surface area contributed by atoms with Crippen molar-refractivity contribution >= 4 is 11.6 Å². The molecule has 0 saturated heterocycles. The van der Waals surface area contributed by atoms with Crippen LogP contribution in [0, 0.1) is 6.92 Å². The predicted octanol–water partition coefficient (Wildman–Crippen LogP) is 3.59. The molecule has 7 nitrogen and oxygen atoms in total. The Hall–Kier alpha value is -3.35. The molecule has 1 heterocycles. The van der Waals surface area contributed by atoms with Crippen molar-refractivity contribution in [1.82, 2.24) is 10.2 Å². The normalized spacial score (nSPS) is 10.4. The largest absolute Gasteiger partial charge is 0.497 e. The Balaban J connectivity index is 1.72. The van der Waals surface area contributed by atoms with Gasteiger partial charge in [-0.25, -0.2) is 0 Å². The average molecular weight is 353 g/mol. The van der Waals surface area contributed by atoms with Gasteiger partial charge in [-0.15, -0.1) is 10.2 Å². The fourth-order valence-corrected chi connectivity index (χ4v) is 2.34. The lowest BCUT2D eigenvalue weighted by Gasteiger charge is -2.11. The van der Waals surface area contributed by atoms with Crippen LogP contribution in [0.3, 0.4) is 0 Å². The number of anilines is 1. The van der Waals surface area contributed by atoms with Gasteiger partial charge in [0.1, 0.15) is 11.5 Å². The summed E-state index contributed by atoms with van der Waals surface area (Å²) in [6.45, 7) is 3.49. The summed E-state index contributed by atoms with van der Waals surface area (Å²) in [4.78, 5) is 11.3. The summed E-state index contributed by atoms with van der Waals surface area (Å²) in [5.41, 5.74) is 2.40. The van der Waals surface area contributed by atoms with Crippen LogP contribution < -0.4 is 14.8 Å². The highest BCUT2D eigenvalue weighted by Crippen LogP contribution is 2.27. The van der Waals surface area contributed by atoms with E-state index in [-0.39, 0.29) is 12.5 Å². The van der Waals surface area contributed by atoms with Crippen LogP contribution in [0.5, 0.6) is 11.5 Å². The number of rotatable bonds is 6. The molecule has 0 bridgehead atoms. The topological polar surface area (TPSA) is 86.5 Å². The van der Waals surface area contributed by atoms with E-state index >= 15 is 0 Å². The summed E-state index contributed by atoms with van der Waals surface area (Å²) in [5.74, 6) is 1.87. The smallest absolute Gasteiger partial charge is 0.254 e. The highest BCUT2D eigenvalue weighted by molar-refractivity contribution is 5.90. The third kappa shape index (κ3) is 4.18. The number of benzene rings is 2. The van der Waals surface area contributed by atoms with E-state index in [2.05, 4.69) is 15.5 Å². The molecule has 0 aliphatic heterocycles. The first-order chi connectivity index (χ1) is 12.5. The van der Waals surface area contributed by atoms with Gasteiger partial charge in [0, 0.05) is 12.5 Å². The number of aromatic nitrogens is 2. The molecular weight excluding hydrogens is 334 g/mol. The van der Waals surface area contributed by atoms with E-state index in [0.717, 1.165) is 16.9 Å². The summed E-state index contributed by atoms with van der Waals surface area (Å²) in [6, 6.07) is 12.9. The van der Waals surface area contributed by atoms with Crippen molar-refractivity contribution in [3.05, 3.63) is 53.9 Å². The molecule has 0 aliphatic carbocycles. The molecule has 0 atom stereocenters. The number of nitrogens with one attached hydrogen (secondary N) is 1. The maximum atomic E-state index is 11.3.